The van der Waals surface area contributed by atoms with Crippen molar-refractivity contribution in [2.24, 2.45) is 0 Å². The zero-order valence-corrected chi connectivity index (χ0v) is 10.3. The molecule has 0 spiro atoms. The highest BCUT2D eigenvalue weighted by Gasteiger charge is 2.07. The maximum absolute atomic E-state index is 13.7. The Kier molecular flexibility index (Phi) is 3.60. The summed E-state index contributed by atoms with van der Waals surface area (Å²) in [6.07, 6.45) is 0. The normalized spacial score (nSPS) is 10.4. The second kappa shape index (κ2) is 5.17. The molecule has 0 heterocycles. The highest BCUT2D eigenvalue weighted by Crippen LogP contribution is 2.21. The smallest absolute Gasteiger partial charge is 0.167 e. The number of ether oxygens (including phenoxy) is 1. The predicted octanol–water partition coefficient (Wildman–Crippen LogP) is 4.16. The van der Waals surface area contributed by atoms with Crippen molar-refractivity contribution in [2.45, 2.75) is 20.5 Å². The minimum absolute atomic E-state index is 0.221. The van der Waals surface area contributed by atoms with E-state index in [1.807, 2.05) is 0 Å². The summed E-state index contributed by atoms with van der Waals surface area (Å²) in [5.41, 5.74) is 2.18. The van der Waals surface area contributed by atoms with E-state index in [9.17, 15) is 8.78 Å². The monoisotopic (exact) mass is 248 g/mol. The standard InChI is InChI=1S/C15H14F2O/c1-10-4-3-5-14(15(10)17)18-9-12-6-7-13(16)8-11(12)2/h3-8H,9H2,1-2H3. The van der Waals surface area contributed by atoms with Gasteiger partial charge in [-0.2, -0.15) is 0 Å². The number of aryl methyl sites for hydroxylation is 2. The minimum atomic E-state index is -0.350. The van der Waals surface area contributed by atoms with Crippen molar-refractivity contribution in [3.8, 4) is 5.75 Å². The predicted molar refractivity (Wildman–Crippen MR) is 66.6 cm³/mol. The van der Waals surface area contributed by atoms with Gasteiger partial charge in [0.05, 0.1) is 0 Å². The Bertz CT molecular complexity index is 564. The van der Waals surface area contributed by atoms with Gasteiger partial charge in [-0.25, -0.2) is 8.78 Å². The van der Waals surface area contributed by atoms with Crippen molar-refractivity contribution in [1.29, 1.82) is 0 Å². The first-order valence-corrected chi connectivity index (χ1v) is 5.71. The molecule has 0 amide bonds. The summed E-state index contributed by atoms with van der Waals surface area (Å²) in [6, 6.07) is 9.47. The molecule has 0 radical (unpaired) electrons. The van der Waals surface area contributed by atoms with Crippen LogP contribution >= 0.6 is 0 Å². The van der Waals surface area contributed by atoms with Gasteiger partial charge in [-0.05, 0) is 48.7 Å². The van der Waals surface area contributed by atoms with Gasteiger partial charge in [-0.15, -0.1) is 0 Å². The lowest BCUT2D eigenvalue weighted by atomic mass is 10.1. The van der Waals surface area contributed by atoms with Crippen LogP contribution in [0.2, 0.25) is 0 Å². The van der Waals surface area contributed by atoms with E-state index in [-0.39, 0.29) is 24.0 Å². The van der Waals surface area contributed by atoms with Crippen LogP contribution in [0.4, 0.5) is 8.78 Å². The Morgan fingerprint density at radius 1 is 1.00 bits per heavy atom. The molecule has 1 nitrogen and oxygen atoms in total. The maximum Gasteiger partial charge on any atom is 0.167 e. The van der Waals surface area contributed by atoms with E-state index in [0.717, 1.165) is 11.1 Å². The zero-order valence-electron chi connectivity index (χ0n) is 10.3. The molecule has 0 aliphatic rings. The molecule has 2 rings (SSSR count). The van der Waals surface area contributed by atoms with Crippen molar-refractivity contribution in [1.82, 2.24) is 0 Å². The van der Waals surface area contributed by atoms with Gasteiger partial charge in [0.25, 0.3) is 0 Å². The van der Waals surface area contributed by atoms with Crippen molar-refractivity contribution in [3.63, 3.8) is 0 Å². The average Bonchev–Trinajstić information content (AvgIpc) is 2.33. The van der Waals surface area contributed by atoms with Crippen LogP contribution in [-0.2, 0) is 6.61 Å². The Morgan fingerprint density at radius 3 is 2.50 bits per heavy atom. The second-order valence-electron chi connectivity index (χ2n) is 4.25. The fourth-order valence-electron chi connectivity index (χ4n) is 1.71. The van der Waals surface area contributed by atoms with E-state index in [2.05, 4.69) is 0 Å². The summed E-state index contributed by atoms with van der Waals surface area (Å²) in [5, 5.41) is 0. The van der Waals surface area contributed by atoms with E-state index >= 15 is 0 Å². The molecule has 0 aliphatic heterocycles. The largest absolute Gasteiger partial charge is 0.486 e. The fraction of sp³-hybridized carbons (Fsp3) is 0.200. The van der Waals surface area contributed by atoms with Gasteiger partial charge < -0.3 is 4.74 Å². The number of benzene rings is 2. The lowest BCUT2D eigenvalue weighted by molar-refractivity contribution is 0.289. The Balaban J connectivity index is 2.14. The first-order valence-electron chi connectivity index (χ1n) is 5.71. The lowest BCUT2D eigenvalue weighted by Gasteiger charge is -2.10. The summed E-state index contributed by atoms with van der Waals surface area (Å²) in [5.74, 6) is -0.408. The molecule has 18 heavy (non-hydrogen) atoms. The van der Waals surface area contributed by atoms with Crippen LogP contribution in [0.25, 0.3) is 0 Å². The van der Waals surface area contributed by atoms with Gasteiger partial charge >= 0.3 is 0 Å². The Hall–Kier alpha value is -1.90. The van der Waals surface area contributed by atoms with Crippen LogP contribution in [0.5, 0.6) is 5.75 Å². The second-order valence-corrected chi connectivity index (χ2v) is 4.25. The molecule has 0 bridgehead atoms. The third-order valence-electron chi connectivity index (χ3n) is 2.84. The van der Waals surface area contributed by atoms with Crippen molar-refractivity contribution >= 4 is 0 Å². The molecule has 0 aliphatic carbocycles. The molecule has 2 aromatic carbocycles. The molecule has 0 aromatic heterocycles. The molecule has 94 valence electrons. The Labute approximate surface area is 105 Å². The number of hydrogen-bond acceptors (Lipinski definition) is 1. The number of halogens is 2. The van der Waals surface area contributed by atoms with Crippen LogP contribution < -0.4 is 4.74 Å². The fourth-order valence-corrected chi connectivity index (χ4v) is 1.71. The van der Waals surface area contributed by atoms with Crippen molar-refractivity contribution in [2.75, 3.05) is 0 Å². The van der Waals surface area contributed by atoms with Crippen molar-refractivity contribution in [3.05, 3.63) is 64.7 Å². The topological polar surface area (TPSA) is 9.23 Å². The molecule has 0 atom stereocenters. The first kappa shape index (κ1) is 12.6. The zero-order chi connectivity index (χ0) is 13.1. The van der Waals surface area contributed by atoms with Gasteiger partial charge in [0, 0.05) is 0 Å². The number of hydrogen-bond donors (Lipinski definition) is 0. The third kappa shape index (κ3) is 2.67. The van der Waals surface area contributed by atoms with Crippen LogP contribution in [0, 0.1) is 25.5 Å². The molecule has 0 saturated heterocycles. The molecular formula is C15H14F2O. The third-order valence-corrected chi connectivity index (χ3v) is 2.84. The van der Waals surface area contributed by atoms with Gasteiger partial charge in [-0.1, -0.05) is 18.2 Å². The first-order chi connectivity index (χ1) is 8.58. The van der Waals surface area contributed by atoms with Crippen LogP contribution in [0.15, 0.2) is 36.4 Å². The van der Waals surface area contributed by atoms with E-state index in [1.54, 1.807) is 38.1 Å². The van der Waals surface area contributed by atoms with E-state index < -0.39 is 0 Å². The van der Waals surface area contributed by atoms with E-state index in [4.69, 9.17) is 4.74 Å². The highest BCUT2D eigenvalue weighted by atomic mass is 19.1. The molecule has 2 aromatic rings. The highest BCUT2D eigenvalue weighted by molar-refractivity contribution is 5.31. The molecule has 0 N–H and O–H groups in total. The van der Waals surface area contributed by atoms with Crippen molar-refractivity contribution < 1.29 is 13.5 Å². The summed E-state index contributed by atoms with van der Waals surface area (Å²) in [6.45, 7) is 3.71. The van der Waals surface area contributed by atoms with Gasteiger partial charge in [0.1, 0.15) is 12.4 Å². The summed E-state index contributed by atoms with van der Waals surface area (Å²) in [4.78, 5) is 0. The molecule has 3 heteroatoms. The van der Waals surface area contributed by atoms with Gasteiger partial charge in [-0.3, -0.25) is 0 Å². The summed E-state index contributed by atoms with van der Waals surface area (Å²) < 4.78 is 32.0. The maximum atomic E-state index is 13.7. The Morgan fingerprint density at radius 2 is 1.78 bits per heavy atom. The SMILES string of the molecule is Cc1cc(F)ccc1COc1cccc(C)c1F. The van der Waals surface area contributed by atoms with E-state index in [1.165, 1.54) is 12.1 Å². The molecule has 0 fully saturated rings. The van der Waals surface area contributed by atoms with Gasteiger partial charge in [0.15, 0.2) is 11.6 Å². The van der Waals surface area contributed by atoms with Crippen LogP contribution in [0.3, 0.4) is 0 Å². The van der Waals surface area contributed by atoms with Crippen LogP contribution in [-0.4, -0.2) is 0 Å². The molecule has 0 saturated carbocycles. The average molecular weight is 248 g/mol. The lowest BCUT2D eigenvalue weighted by Crippen LogP contribution is -2.00. The van der Waals surface area contributed by atoms with Crippen LogP contribution in [0.1, 0.15) is 16.7 Å². The molecule has 0 unspecified atom stereocenters. The molecular weight excluding hydrogens is 234 g/mol. The summed E-state index contributed by atoms with van der Waals surface area (Å²) >= 11 is 0. The number of rotatable bonds is 3. The quantitative estimate of drug-likeness (QED) is 0.792. The van der Waals surface area contributed by atoms with E-state index in [0.29, 0.717) is 5.56 Å². The van der Waals surface area contributed by atoms with Gasteiger partial charge in [0.2, 0.25) is 0 Å². The minimum Gasteiger partial charge on any atom is -0.486 e. The summed E-state index contributed by atoms with van der Waals surface area (Å²) in [7, 11) is 0.